The van der Waals surface area contributed by atoms with Crippen molar-refractivity contribution in [2.45, 2.75) is 31.8 Å². The first-order valence-electron chi connectivity index (χ1n) is 7.36. The Morgan fingerprint density at radius 3 is 2.64 bits per heavy atom. The zero-order chi connectivity index (χ0) is 18.2. The number of nitrogens with one attached hydrogen (secondary N) is 2. The van der Waals surface area contributed by atoms with Gasteiger partial charge in [0.15, 0.2) is 10.9 Å². The lowest BCUT2D eigenvalue weighted by Crippen LogP contribution is -2.37. The lowest BCUT2D eigenvalue weighted by molar-refractivity contribution is 0.236. The van der Waals surface area contributed by atoms with Gasteiger partial charge in [-0.15, -0.1) is 0 Å². The number of hydrogen-bond donors (Lipinski definition) is 2. The molecule has 3 aromatic heterocycles. The second-order valence-electron chi connectivity index (χ2n) is 6.59. The number of aromatic amines is 1. The minimum absolute atomic E-state index is 0.0841. The minimum Gasteiger partial charge on any atom is -0.339 e. The number of aryl methyl sites for hydroxylation is 1. The van der Waals surface area contributed by atoms with Crippen LogP contribution in [0.25, 0.3) is 11.6 Å². The van der Waals surface area contributed by atoms with Gasteiger partial charge in [0.1, 0.15) is 12.4 Å². The number of aromatic nitrogens is 7. The number of hydrogen-bond acceptors (Lipinski definition) is 8. The number of imidazole rings is 1. The van der Waals surface area contributed by atoms with Gasteiger partial charge < -0.3 is 9.09 Å². The maximum atomic E-state index is 12.6. The van der Waals surface area contributed by atoms with Gasteiger partial charge in [0, 0.05) is 13.2 Å². The van der Waals surface area contributed by atoms with Gasteiger partial charge >= 0.3 is 0 Å². The van der Waals surface area contributed by atoms with E-state index < -0.39 is 21.5 Å². The molecular weight excluding hydrogens is 348 g/mol. The van der Waals surface area contributed by atoms with Crippen LogP contribution in [0.15, 0.2) is 28.4 Å². The first kappa shape index (κ1) is 17.2. The average molecular weight is 366 g/mol. The molecule has 0 aliphatic rings. The van der Waals surface area contributed by atoms with Crippen molar-refractivity contribution in [3.05, 3.63) is 24.7 Å². The molecule has 0 radical (unpaired) electrons. The molecule has 0 aliphatic carbocycles. The molecule has 0 aliphatic heterocycles. The van der Waals surface area contributed by atoms with E-state index in [1.165, 1.54) is 18.9 Å². The van der Waals surface area contributed by atoms with Crippen molar-refractivity contribution < 1.29 is 12.9 Å². The molecule has 0 aromatic carbocycles. The first-order valence-corrected chi connectivity index (χ1v) is 8.85. The van der Waals surface area contributed by atoms with Crippen LogP contribution in [0.4, 0.5) is 0 Å². The van der Waals surface area contributed by atoms with E-state index in [4.69, 9.17) is 4.52 Å². The Hall–Kier alpha value is -2.60. The molecule has 25 heavy (non-hydrogen) atoms. The largest absolute Gasteiger partial charge is 0.339 e. The molecule has 0 amide bonds. The molecule has 2 N–H and O–H groups in total. The van der Waals surface area contributed by atoms with Crippen molar-refractivity contribution in [2.24, 2.45) is 12.5 Å². The molecule has 0 unspecified atom stereocenters. The summed E-state index contributed by atoms with van der Waals surface area (Å²) in [4.78, 5) is 12.1. The molecule has 12 heteroatoms. The minimum atomic E-state index is -3.86. The topological polar surface area (TPSA) is 144 Å². The lowest BCUT2D eigenvalue weighted by atomic mass is 9.87. The highest BCUT2D eigenvalue weighted by Crippen LogP contribution is 2.33. The van der Waals surface area contributed by atoms with Crippen LogP contribution in [-0.2, 0) is 17.1 Å². The quantitative estimate of drug-likeness (QED) is 0.669. The van der Waals surface area contributed by atoms with Gasteiger partial charge in [0.05, 0.1) is 6.33 Å². The predicted octanol–water partition coefficient (Wildman–Crippen LogP) is 0.654. The summed E-state index contributed by atoms with van der Waals surface area (Å²) in [5.74, 6) is 0.646. The van der Waals surface area contributed by atoms with Crippen LogP contribution < -0.4 is 4.72 Å². The average Bonchev–Trinajstić information content (AvgIpc) is 3.24. The van der Waals surface area contributed by atoms with Gasteiger partial charge in [-0.1, -0.05) is 25.9 Å². The third-order valence-corrected chi connectivity index (χ3v) is 4.72. The fourth-order valence-corrected chi connectivity index (χ4v) is 3.48. The Morgan fingerprint density at radius 2 is 2.08 bits per heavy atom. The zero-order valence-corrected chi connectivity index (χ0v) is 14.9. The van der Waals surface area contributed by atoms with Crippen LogP contribution in [-0.4, -0.2) is 43.3 Å². The molecular formula is C13H18N8O3S. The number of rotatable bonds is 5. The van der Waals surface area contributed by atoms with Gasteiger partial charge in [0.25, 0.3) is 10.0 Å². The van der Waals surface area contributed by atoms with E-state index >= 15 is 0 Å². The summed E-state index contributed by atoms with van der Waals surface area (Å²) in [7, 11) is -2.17. The van der Waals surface area contributed by atoms with Gasteiger partial charge in [-0.2, -0.15) is 14.8 Å². The zero-order valence-electron chi connectivity index (χ0n) is 14.1. The summed E-state index contributed by atoms with van der Waals surface area (Å²) in [6.07, 6.45) is 4.14. The highest BCUT2D eigenvalue weighted by Gasteiger charge is 2.36. The summed E-state index contributed by atoms with van der Waals surface area (Å²) in [5, 5.41) is 10.1. The van der Waals surface area contributed by atoms with Gasteiger partial charge in [-0.3, -0.25) is 5.10 Å². The highest BCUT2D eigenvalue weighted by atomic mass is 32.2. The second-order valence-corrected chi connectivity index (χ2v) is 8.25. The van der Waals surface area contributed by atoms with Crippen molar-refractivity contribution in [3.63, 3.8) is 0 Å². The van der Waals surface area contributed by atoms with Gasteiger partial charge in [0.2, 0.25) is 11.7 Å². The van der Waals surface area contributed by atoms with Crippen molar-refractivity contribution in [3.8, 4) is 11.6 Å². The van der Waals surface area contributed by atoms with E-state index in [0.717, 1.165) is 0 Å². The summed E-state index contributed by atoms with van der Waals surface area (Å²) in [5.41, 5.74) is -0.535. The van der Waals surface area contributed by atoms with Crippen molar-refractivity contribution in [2.75, 3.05) is 0 Å². The second kappa shape index (κ2) is 6.04. The Morgan fingerprint density at radius 1 is 1.32 bits per heavy atom. The maximum Gasteiger partial charge on any atom is 0.260 e. The number of H-pyrrole nitrogens is 1. The fraction of sp³-hybridized carbons (Fsp3) is 0.462. The summed E-state index contributed by atoms with van der Waals surface area (Å²) >= 11 is 0. The summed E-state index contributed by atoms with van der Waals surface area (Å²) in [6.45, 7) is 5.57. The van der Waals surface area contributed by atoms with E-state index in [0.29, 0.717) is 5.82 Å². The molecule has 1 atom stereocenters. The van der Waals surface area contributed by atoms with Crippen LogP contribution in [0, 0.1) is 5.41 Å². The van der Waals surface area contributed by atoms with Gasteiger partial charge in [-0.25, -0.2) is 18.4 Å². The molecule has 11 nitrogen and oxygen atoms in total. The molecule has 0 fully saturated rings. The molecule has 0 saturated heterocycles. The maximum absolute atomic E-state index is 12.6. The van der Waals surface area contributed by atoms with Gasteiger partial charge in [-0.05, 0) is 5.41 Å². The van der Waals surface area contributed by atoms with Crippen LogP contribution >= 0.6 is 0 Å². The van der Waals surface area contributed by atoms with Crippen molar-refractivity contribution in [1.82, 2.24) is 39.6 Å². The van der Waals surface area contributed by atoms with Crippen molar-refractivity contribution >= 4 is 10.0 Å². The van der Waals surface area contributed by atoms with E-state index in [-0.39, 0.29) is 16.7 Å². The first-order chi connectivity index (χ1) is 11.7. The molecule has 0 spiro atoms. The standard InChI is InChI=1S/C13H18N8O3S/c1-13(2,3)9(20-25(22,23)8-5-21(4)7-15-8)12-17-11(19-24-12)10-14-6-16-18-10/h5-7,9,20H,1-4H3,(H,14,16,18)/t9-/m1/s1. The third-order valence-electron chi connectivity index (χ3n) is 3.41. The lowest BCUT2D eigenvalue weighted by Gasteiger charge is -2.27. The number of nitrogens with zero attached hydrogens (tertiary/aromatic N) is 6. The predicted molar refractivity (Wildman–Crippen MR) is 85.4 cm³/mol. The van der Waals surface area contributed by atoms with E-state index in [1.54, 1.807) is 11.6 Å². The Balaban J connectivity index is 1.94. The molecule has 0 saturated carbocycles. The van der Waals surface area contributed by atoms with Crippen LogP contribution in [0.5, 0.6) is 0 Å². The van der Waals surface area contributed by atoms with E-state index in [9.17, 15) is 8.42 Å². The summed E-state index contributed by atoms with van der Waals surface area (Å²) < 4.78 is 34.6. The van der Waals surface area contributed by atoms with Crippen LogP contribution in [0.3, 0.4) is 0 Å². The monoisotopic (exact) mass is 366 g/mol. The fourth-order valence-electron chi connectivity index (χ4n) is 2.10. The Bertz CT molecular complexity index is 952. The molecule has 3 heterocycles. The van der Waals surface area contributed by atoms with E-state index in [2.05, 4.69) is 35.0 Å². The van der Waals surface area contributed by atoms with Crippen LogP contribution in [0.1, 0.15) is 32.7 Å². The third kappa shape index (κ3) is 3.58. The normalized spacial score (nSPS) is 13.9. The smallest absolute Gasteiger partial charge is 0.260 e. The molecule has 3 aromatic rings. The molecule has 0 bridgehead atoms. The van der Waals surface area contributed by atoms with Crippen LogP contribution in [0.2, 0.25) is 0 Å². The molecule has 134 valence electrons. The SMILES string of the molecule is Cn1cnc(S(=O)(=O)N[C@H](c2nc(-c3ncn[nH]3)no2)C(C)(C)C)c1. The highest BCUT2D eigenvalue weighted by molar-refractivity contribution is 7.89. The summed E-state index contributed by atoms with van der Waals surface area (Å²) in [6, 6.07) is -0.760. The molecule has 3 rings (SSSR count). The Kier molecular flexibility index (Phi) is 4.16. The Labute approximate surface area is 143 Å². The number of sulfonamides is 1. The van der Waals surface area contributed by atoms with E-state index in [1.807, 2.05) is 20.8 Å². The van der Waals surface area contributed by atoms with Crippen molar-refractivity contribution in [1.29, 1.82) is 0 Å².